The Labute approximate surface area is 120 Å². The lowest BCUT2D eigenvalue weighted by Crippen LogP contribution is -2.39. The van der Waals surface area contributed by atoms with Gasteiger partial charge in [-0.2, -0.15) is 0 Å². The number of aliphatic imine (C=N–C) groups is 1. The minimum absolute atomic E-state index is 0.223. The highest BCUT2D eigenvalue weighted by atomic mass is 32.1. The molecule has 2 aromatic rings. The van der Waals surface area contributed by atoms with Crippen LogP contribution in [0.15, 0.2) is 40.7 Å². The summed E-state index contributed by atoms with van der Waals surface area (Å²) in [6, 6.07) is 9.88. The molecule has 1 aromatic heterocycles. The van der Waals surface area contributed by atoms with E-state index in [-0.39, 0.29) is 5.91 Å². The average Bonchev–Trinajstić information content (AvgIpc) is 2.97. The number of rotatable bonds is 3. The summed E-state index contributed by atoms with van der Waals surface area (Å²) >= 11 is 1.41. The Morgan fingerprint density at radius 3 is 2.90 bits per heavy atom. The van der Waals surface area contributed by atoms with Gasteiger partial charge in [-0.05, 0) is 6.42 Å². The molecule has 2 N–H and O–H groups in total. The number of hydrogen-bond acceptors (Lipinski definition) is 5. The number of carbonyl (C=O) groups excluding carboxylic acids is 1. The maximum absolute atomic E-state index is 12.0. The van der Waals surface area contributed by atoms with Crippen LogP contribution >= 0.6 is 11.3 Å². The number of carbonyl (C=O) groups is 1. The van der Waals surface area contributed by atoms with E-state index >= 15 is 0 Å². The van der Waals surface area contributed by atoms with Gasteiger partial charge in [-0.3, -0.25) is 15.1 Å². The largest absolute Gasteiger partial charge is 0.366 e. The summed E-state index contributed by atoms with van der Waals surface area (Å²) in [6.45, 7) is 1.49. The maximum Gasteiger partial charge on any atom is 0.292 e. The molecule has 5 nitrogen and oxygen atoms in total. The van der Waals surface area contributed by atoms with E-state index in [0.717, 1.165) is 24.2 Å². The van der Waals surface area contributed by atoms with Crippen LogP contribution in [0.3, 0.4) is 0 Å². The minimum Gasteiger partial charge on any atom is -0.366 e. The van der Waals surface area contributed by atoms with Crippen molar-refractivity contribution < 1.29 is 4.79 Å². The quantitative estimate of drug-likeness (QED) is 0.908. The van der Waals surface area contributed by atoms with Crippen LogP contribution in [-0.2, 0) is 4.79 Å². The highest BCUT2D eigenvalue weighted by molar-refractivity contribution is 7.14. The molecule has 1 aliphatic rings. The van der Waals surface area contributed by atoms with E-state index in [1.54, 1.807) is 0 Å². The highest BCUT2D eigenvalue weighted by Crippen LogP contribution is 2.24. The molecule has 0 atom stereocenters. The monoisotopic (exact) mass is 286 g/mol. The number of thiazole rings is 1. The number of anilines is 1. The van der Waals surface area contributed by atoms with Crippen molar-refractivity contribution >= 4 is 28.2 Å². The maximum atomic E-state index is 12.0. The lowest BCUT2D eigenvalue weighted by molar-refractivity contribution is -0.110. The molecule has 3 rings (SSSR count). The molecule has 0 saturated heterocycles. The molecule has 1 amide bonds. The van der Waals surface area contributed by atoms with Crippen LogP contribution in [0.4, 0.5) is 5.13 Å². The average molecular weight is 286 g/mol. The molecule has 1 aliphatic heterocycles. The lowest BCUT2D eigenvalue weighted by Gasteiger charge is -2.12. The van der Waals surface area contributed by atoms with Crippen LogP contribution in [-0.4, -0.2) is 29.8 Å². The summed E-state index contributed by atoms with van der Waals surface area (Å²) < 4.78 is 0. The van der Waals surface area contributed by atoms with Crippen molar-refractivity contribution in [2.24, 2.45) is 4.99 Å². The van der Waals surface area contributed by atoms with Gasteiger partial charge in [-0.1, -0.05) is 30.3 Å². The summed E-state index contributed by atoms with van der Waals surface area (Å²) in [5.74, 6) is 0.173. The van der Waals surface area contributed by atoms with Crippen LogP contribution in [0.5, 0.6) is 0 Å². The van der Waals surface area contributed by atoms with Gasteiger partial charge in [0.25, 0.3) is 5.91 Å². The molecule has 0 saturated carbocycles. The van der Waals surface area contributed by atoms with E-state index in [1.807, 2.05) is 35.7 Å². The van der Waals surface area contributed by atoms with Crippen LogP contribution in [0.1, 0.15) is 6.42 Å². The van der Waals surface area contributed by atoms with Gasteiger partial charge in [0.15, 0.2) is 11.0 Å². The van der Waals surface area contributed by atoms with Gasteiger partial charge in [0.05, 0.1) is 5.69 Å². The Kier molecular flexibility index (Phi) is 3.73. The van der Waals surface area contributed by atoms with Crippen molar-refractivity contribution in [3.05, 3.63) is 35.7 Å². The predicted octanol–water partition coefficient (Wildman–Crippen LogP) is 2.14. The third-order valence-electron chi connectivity index (χ3n) is 2.91. The van der Waals surface area contributed by atoms with Crippen LogP contribution in [0, 0.1) is 0 Å². The number of hydrogen-bond donors (Lipinski definition) is 2. The predicted molar refractivity (Wildman–Crippen MR) is 81.1 cm³/mol. The van der Waals surface area contributed by atoms with Gasteiger partial charge < -0.3 is 5.32 Å². The first-order chi connectivity index (χ1) is 9.83. The molecule has 102 valence electrons. The smallest absolute Gasteiger partial charge is 0.292 e. The molecular weight excluding hydrogens is 272 g/mol. The van der Waals surface area contributed by atoms with Gasteiger partial charge in [-0.15, -0.1) is 11.3 Å². The van der Waals surface area contributed by atoms with Crippen LogP contribution < -0.4 is 10.6 Å². The number of nitrogens with zero attached hydrogens (tertiary/aromatic N) is 2. The second-order valence-corrected chi connectivity index (χ2v) is 5.23. The molecule has 0 radical (unpaired) electrons. The van der Waals surface area contributed by atoms with Crippen LogP contribution in [0.2, 0.25) is 0 Å². The summed E-state index contributed by atoms with van der Waals surface area (Å²) in [4.78, 5) is 20.6. The van der Waals surface area contributed by atoms with Crippen LogP contribution in [0.25, 0.3) is 11.3 Å². The van der Waals surface area contributed by atoms with E-state index in [4.69, 9.17) is 0 Å². The fourth-order valence-corrected chi connectivity index (χ4v) is 2.63. The standard InChI is InChI=1S/C14H14N4OS/c19-13(12-15-7-4-8-16-12)18-14-17-11(9-20-14)10-5-2-1-3-6-10/h1-3,5-6,9H,4,7-8H2,(H,15,16)(H,17,18,19). The number of benzene rings is 1. The van der Waals surface area contributed by atoms with Crippen molar-refractivity contribution in [1.29, 1.82) is 0 Å². The number of amides is 1. The molecule has 2 heterocycles. The molecule has 0 spiro atoms. The van der Waals surface area contributed by atoms with Gasteiger partial charge >= 0.3 is 0 Å². The SMILES string of the molecule is O=C(Nc1nc(-c2ccccc2)cs1)C1=NCCCN1. The second kappa shape index (κ2) is 5.83. The number of amidine groups is 1. The van der Waals surface area contributed by atoms with E-state index in [0.29, 0.717) is 17.5 Å². The first-order valence-corrected chi connectivity index (χ1v) is 7.31. The highest BCUT2D eigenvalue weighted by Gasteiger charge is 2.15. The van der Waals surface area contributed by atoms with Gasteiger partial charge in [0.2, 0.25) is 0 Å². The number of aromatic nitrogens is 1. The molecule has 0 bridgehead atoms. The summed E-state index contributed by atoms with van der Waals surface area (Å²) in [6.07, 6.45) is 0.964. The topological polar surface area (TPSA) is 66.4 Å². The van der Waals surface area contributed by atoms with Crippen molar-refractivity contribution in [1.82, 2.24) is 10.3 Å². The fourth-order valence-electron chi connectivity index (χ4n) is 1.91. The Hall–Kier alpha value is -2.21. The zero-order valence-corrected chi connectivity index (χ0v) is 11.6. The van der Waals surface area contributed by atoms with E-state index in [9.17, 15) is 4.79 Å². The first kappa shape index (κ1) is 12.8. The summed E-state index contributed by atoms with van der Waals surface area (Å²) in [5, 5.41) is 8.29. The van der Waals surface area contributed by atoms with Gasteiger partial charge in [-0.25, -0.2) is 4.98 Å². The molecule has 20 heavy (non-hydrogen) atoms. The molecule has 0 fully saturated rings. The van der Waals surface area contributed by atoms with Crippen molar-refractivity contribution in [2.45, 2.75) is 6.42 Å². The summed E-state index contributed by atoms with van der Waals surface area (Å²) in [7, 11) is 0. The first-order valence-electron chi connectivity index (χ1n) is 6.43. The third-order valence-corrected chi connectivity index (χ3v) is 3.66. The normalized spacial score (nSPS) is 14.3. The second-order valence-electron chi connectivity index (χ2n) is 4.37. The Morgan fingerprint density at radius 1 is 1.30 bits per heavy atom. The third kappa shape index (κ3) is 2.85. The molecule has 6 heteroatoms. The minimum atomic E-state index is -0.223. The molecule has 0 aliphatic carbocycles. The zero-order valence-electron chi connectivity index (χ0n) is 10.8. The van der Waals surface area contributed by atoms with E-state index in [1.165, 1.54) is 11.3 Å². The fraction of sp³-hybridized carbons (Fsp3) is 0.214. The van der Waals surface area contributed by atoms with Crippen molar-refractivity contribution in [3.8, 4) is 11.3 Å². The zero-order chi connectivity index (χ0) is 13.8. The Bertz CT molecular complexity index is 636. The van der Waals surface area contributed by atoms with Crippen molar-refractivity contribution in [2.75, 3.05) is 18.4 Å². The van der Waals surface area contributed by atoms with Gasteiger partial charge in [0, 0.05) is 24.0 Å². The number of nitrogens with one attached hydrogen (secondary N) is 2. The van der Waals surface area contributed by atoms with Crippen molar-refractivity contribution in [3.63, 3.8) is 0 Å². The Morgan fingerprint density at radius 2 is 2.15 bits per heavy atom. The van der Waals surface area contributed by atoms with E-state index < -0.39 is 0 Å². The molecular formula is C14H14N4OS. The Balaban J connectivity index is 1.71. The van der Waals surface area contributed by atoms with Gasteiger partial charge in [0.1, 0.15) is 0 Å². The molecule has 1 aromatic carbocycles. The summed E-state index contributed by atoms with van der Waals surface area (Å²) in [5.41, 5.74) is 1.90. The molecule has 0 unspecified atom stereocenters. The van der Waals surface area contributed by atoms with E-state index in [2.05, 4.69) is 20.6 Å². The lowest BCUT2D eigenvalue weighted by atomic mass is 10.2.